The van der Waals surface area contributed by atoms with E-state index in [-0.39, 0.29) is 24.4 Å². The van der Waals surface area contributed by atoms with Gasteiger partial charge in [0.25, 0.3) is 0 Å². The zero-order valence-electron chi connectivity index (χ0n) is 20.9. The first kappa shape index (κ1) is 29.0. The normalized spacial score (nSPS) is 20.2. The van der Waals surface area contributed by atoms with Crippen LogP contribution in [0.2, 0.25) is 0 Å². The summed E-state index contributed by atoms with van der Waals surface area (Å²) in [7, 11) is 0. The highest BCUT2D eigenvalue weighted by atomic mass is 19.4. The van der Waals surface area contributed by atoms with Gasteiger partial charge in [0.2, 0.25) is 0 Å². The van der Waals surface area contributed by atoms with E-state index in [1.54, 1.807) is 0 Å². The van der Waals surface area contributed by atoms with Gasteiger partial charge in [0.05, 0.1) is 11.1 Å². The van der Waals surface area contributed by atoms with Crippen molar-refractivity contribution in [2.75, 3.05) is 6.54 Å². The van der Waals surface area contributed by atoms with Crippen LogP contribution in [0.4, 0.5) is 26.3 Å². The van der Waals surface area contributed by atoms with Crippen molar-refractivity contribution in [2.45, 2.75) is 76.8 Å². The number of rotatable bonds is 9. The average molecular weight is 530 g/mol. The molecular formula is C28H33F6NO2. The number of carbonyl (C=O) groups is 1. The first-order valence-corrected chi connectivity index (χ1v) is 12.6. The third-order valence-electron chi connectivity index (χ3n) is 7.12. The molecule has 0 saturated carbocycles. The van der Waals surface area contributed by atoms with Crippen molar-refractivity contribution in [1.82, 2.24) is 4.90 Å². The number of nitrogens with zero attached hydrogens (tertiary/aromatic N) is 1. The lowest BCUT2D eigenvalue weighted by molar-refractivity contribution is -0.139. The number of halogens is 6. The number of carboxylic acid groups (broad SMARTS) is 1. The van der Waals surface area contributed by atoms with Crippen LogP contribution in [0, 0.1) is 11.8 Å². The van der Waals surface area contributed by atoms with Gasteiger partial charge in [-0.1, -0.05) is 51.0 Å². The van der Waals surface area contributed by atoms with E-state index < -0.39 is 29.4 Å². The summed E-state index contributed by atoms with van der Waals surface area (Å²) in [5.74, 6) is -0.633. The molecular weight excluding hydrogens is 496 g/mol. The van der Waals surface area contributed by atoms with Gasteiger partial charge in [0.1, 0.15) is 0 Å². The van der Waals surface area contributed by atoms with Crippen molar-refractivity contribution in [3.63, 3.8) is 0 Å². The third kappa shape index (κ3) is 7.97. The summed E-state index contributed by atoms with van der Waals surface area (Å²) in [6, 6.07) is 9.41. The Morgan fingerprint density at radius 1 is 0.919 bits per heavy atom. The van der Waals surface area contributed by atoms with E-state index >= 15 is 0 Å². The Labute approximate surface area is 213 Å². The number of likely N-dealkylation sites (tertiary alicyclic amines) is 1. The summed E-state index contributed by atoms with van der Waals surface area (Å²) in [5, 5.41) is 9.33. The van der Waals surface area contributed by atoms with Crippen LogP contribution in [0.1, 0.15) is 86.7 Å². The van der Waals surface area contributed by atoms with E-state index in [0.717, 1.165) is 37.1 Å². The second-order valence-corrected chi connectivity index (χ2v) is 10.3. The molecule has 2 aromatic carbocycles. The molecule has 0 aromatic heterocycles. The molecule has 1 fully saturated rings. The molecule has 0 aliphatic carbocycles. The van der Waals surface area contributed by atoms with E-state index in [1.807, 2.05) is 0 Å². The fourth-order valence-electron chi connectivity index (χ4n) is 5.22. The van der Waals surface area contributed by atoms with Gasteiger partial charge in [-0.25, -0.2) is 0 Å². The summed E-state index contributed by atoms with van der Waals surface area (Å²) in [4.78, 5) is 13.5. The minimum atomic E-state index is -4.48. The smallest absolute Gasteiger partial charge is 0.416 e. The lowest BCUT2D eigenvalue weighted by Crippen LogP contribution is -2.40. The molecule has 0 unspecified atom stereocenters. The van der Waals surface area contributed by atoms with Gasteiger partial charge in [-0.05, 0) is 73.0 Å². The highest BCUT2D eigenvalue weighted by molar-refractivity contribution is 5.67. The number of piperidine rings is 1. The van der Waals surface area contributed by atoms with Crippen LogP contribution in [0.3, 0.4) is 0 Å². The fourth-order valence-corrected chi connectivity index (χ4v) is 5.22. The van der Waals surface area contributed by atoms with Crippen molar-refractivity contribution in [3.8, 4) is 0 Å². The van der Waals surface area contributed by atoms with Gasteiger partial charge in [0, 0.05) is 18.5 Å². The Balaban J connectivity index is 1.98. The molecule has 3 atom stereocenters. The van der Waals surface area contributed by atoms with Crippen molar-refractivity contribution >= 4 is 5.97 Å². The Kier molecular flexibility index (Phi) is 9.32. The molecule has 9 heteroatoms. The van der Waals surface area contributed by atoms with Crippen LogP contribution < -0.4 is 0 Å². The molecule has 1 heterocycles. The van der Waals surface area contributed by atoms with Gasteiger partial charge in [0.15, 0.2) is 0 Å². The predicted octanol–water partition coefficient (Wildman–Crippen LogP) is 8.52. The third-order valence-corrected chi connectivity index (χ3v) is 7.12. The number of hydrogen-bond acceptors (Lipinski definition) is 2. The van der Waals surface area contributed by atoms with E-state index in [0.29, 0.717) is 42.9 Å². The maximum Gasteiger partial charge on any atom is 0.416 e. The molecule has 0 radical (unpaired) electrons. The summed E-state index contributed by atoms with van der Waals surface area (Å²) in [6.45, 7) is 4.68. The second kappa shape index (κ2) is 11.9. The lowest BCUT2D eigenvalue weighted by atomic mass is 9.82. The number of aliphatic carboxylic acids is 1. The topological polar surface area (TPSA) is 40.5 Å². The Hall–Kier alpha value is -2.55. The molecule has 1 N–H and O–H groups in total. The minimum absolute atomic E-state index is 0.0384. The van der Waals surface area contributed by atoms with Crippen molar-refractivity contribution in [3.05, 3.63) is 70.8 Å². The molecule has 3 nitrogen and oxygen atoms in total. The Bertz CT molecular complexity index is 1010. The van der Waals surface area contributed by atoms with Gasteiger partial charge in [-0.15, -0.1) is 0 Å². The zero-order valence-corrected chi connectivity index (χ0v) is 20.9. The van der Waals surface area contributed by atoms with E-state index in [4.69, 9.17) is 0 Å². The second-order valence-electron chi connectivity index (χ2n) is 10.3. The standard InChI is InChI=1S/C28H33F6NO2/c1-18(2)4-3-5-24(20-6-10-22(11-7-20)27(29,30)31)35-15-14-19(17-26(36)37)16-25(35)21-8-12-23(13-9-21)28(32,33)34/h6-13,18-19,24-25H,3-5,14-17H2,1-2H3,(H,36,37)/t19-,24-,25+/m1/s1. The number of benzene rings is 2. The number of carboxylic acids is 1. The monoisotopic (exact) mass is 529 g/mol. The molecule has 204 valence electrons. The molecule has 1 aliphatic rings. The van der Waals surface area contributed by atoms with Crippen LogP contribution >= 0.6 is 0 Å². The molecule has 1 aliphatic heterocycles. The van der Waals surface area contributed by atoms with Crippen molar-refractivity contribution in [1.29, 1.82) is 0 Å². The van der Waals surface area contributed by atoms with E-state index in [1.165, 1.54) is 24.3 Å². The maximum absolute atomic E-state index is 13.2. The van der Waals surface area contributed by atoms with E-state index in [2.05, 4.69) is 18.7 Å². The first-order valence-electron chi connectivity index (χ1n) is 12.6. The molecule has 37 heavy (non-hydrogen) atoms. The molecule has 0 spiro atoms. The van der Waals surface area contributed by atoms with Crippen LogP contribution in [-0.2, 0) is 17.1 Å². The van der Waals surface area contributed by atoms with Crippen LogP contribution in [0.15, 0.2) is 48.5 Å². The average Bonchev–Trinajstić information content (AvgIpc) is 2.81. The van der Waals surface area contributed by atoms with Crippen molar-refractivity contribution in [2.24, 2.45) is 11.8 Å². The first-order chi connectivity index (χ1) is 17.3. The fraction of sp³-hybridized carbons (Fsp3) is 0.536. The maximum atomic E-state index is 13.2. The highest BCUT2D eigenvalue weighted by Gasteiger charge is 2.37. The number of hydrogen-bond donors (Lipinski definition) is 1. The molecule has 1 saturated heterocycles. The van der Waals surface area contributed by atoms with Gasteiger partial charge >= 0.3 is 18.3 Å². The zero-order chi connectivity index (χ0) is 27.4. The minimum Gasteiger partial charge on any atom is -0.481 e. The summed E-state index contributed by atoms with van der Waals surface area (Å²) < 4.78 is 79.0. The Morgan fingerprint density at radius 3 is 1.95 bits per heavy atom. The highest BCUT2D eigenvalue weighted by Crippen LogP contribution is 2.43. The molecule has 0 bridgehead atoms. The predicted molar refractivity (Wildman–Crippen MR) is 129 cm³/mol. The van der Waals surface area contributed by atoms with Crippen LogP contribution in [-0.4, -0.2) is 22.5 Å². The van der Waals surface area contributed by atoms with Crippen LogP contribution in [0.5, 0.6) is 0 Å². The lowest BCUT2D eigenvalue weighted by Gasteiger charge is -2.44. The van der Waals surface area contributed by atoms with E-state index in [9.17, 15) is 36.2 Å². The number of alkyl halides is 6. The van der Waals surface area contributed by atoms with Gasteiger partial charge in [-0.3, -0.25) is 9.69 Å². The Morgan fingerprint density at radius 2 is 1.46 bits per heavy atom. The quantitative estimate of drug-likeness (QED) is 0.331. The van der Waals surface area contributed by atoms with Gasteiger partial charge < -0.3 is 5.11 Å². The summed E-state index contributed by atoms with van der Waals surface area (Å²) in [5.41, 5.74) is -0.150. The molecule has 2 aromatic rings. The van der Waals surface area contributed by atoms with Gasteiger partial charge in [-0.2, -0.15) is 26.3 Å². The summed E-state index contributed by atoms with van der Waals surface area (Å²) in [6.07, 6.45) is -5.51. The largest absolute Gasteiger partial charge is 0.481 e. The van der Waals surface area contributed by atoms with Crippen LogP contribution in [0.25, 0.3) is 0 Å². The summed E-state index contributed by atoms with van der Waals surface area (Å²) >= 11 is 0. The SMILES string of the molecule is CC(C)CCC[C@H](c1ccc(C(F)(F)F)cc1)N1CC[C@@H](CC(=O)O)C[C@H]1c1ccc(C(F)(F)F)cc1. The van der Waals surface area contributed by atoms with Crippen molar-refractivity contribution < 1.29 is 36.2 Å². The molecule has 3 rings (SSSR count). The molecule has 0 amide bonds.